The molecule has 0 radical (unpaired) electrons. The molecule has 0 unspecified atom stereocenters. The zero-order chi connectivity index (χ0) is 25.0. The Kier molecular flexibility index (Phi) is 10.3. The second-order valence-corrected chi connectivity index (χ2v) is 8.69. The Labute approximate surface area is 206 Å². The highest BCUT2D eigenvalue weighted by atomic mass is 16.5. The predicted octanol–water partition coefficient (Wildman–Crippen LogP) is 2.39. The molecular weight excluding hydrogens is 448 g/mol. The van der Waals surface area contributed by atoms with Crippen LogP contribution in [0.1, 0.15) is 24.5 Å². The largest absolute Gasteiger partial charge is 0.497 e. The number of Topliss-reactive ketones (excluding diaryl/α,β-unsaturated/α-hetero) is 1. The number of benzene rings is 2. The van der Waals surface area contributed by atoms with Gasteiger partial charge in [-0.25, -0.2) is 0 Å². The normalized spacial score (nSPS) is 15.6. The first-order valence-corrected chi connectivity index (χ1v) is 11.9. The molecular formula is C27H34N2O6. The van der Waals surface area contributed by atoms with E-state index in [1.165, 1.54) is 0 Å². The lowest BCUT2D eigenvalue weighted by molar-refractivity contribution is -0.151. The Hall–Kier alpha value is -3.23. The molecule has 188 valence electrons. The van der Waals surface area contributed by atoms with E-state index in [4.69, 9.17) is 14.2 Å². The van der Waals surface area contributed by atoms with Crippen LogP contribution in [-0.4, -0.2) is 68.6 Å². The van der Waals surface area contributed by atoms with Gasteiger partial charge in [0.1, 0.15) is 12.4 Å². The monoisotopic (exact) mass is 482 g/mol. The minimum atomic E-state index is -0.705. The molecule has 1 fully saturated rings. The van der Waals surface area contributed by atoms with Crippen molar-refractivity contribution in [3.8, 4) is 5.75 Å². The minimum absolute atomic E-state index is 0.0291. The molecule has 1 aliphatic rings. The standard InChI is InChI=1S/C27H34N2O6/c1-20(28-26(31)18-29-12-14-34-15-13-29)25(30)17-23(16-21-8-10-24(33-2)11-9-21)27(32)35-19-22-6-4-3-5-7-22/h3-11,20,23H,12-19H2,1-2H3,(H,28,31)/t20-,23+/m0/s1. The van der Waals surface area contributed by atoms with Crippen LogP contribution in [0.15, 0.2) is 54.6 Å². The number of hydrogen-bond donors (Lipinski definition) is 1. The van der Waals surface area contributed by atoms with Crippen LogP contribution in [-0.2, 0) is 36.9 Å². The lowest BCUT2D eigenvalue weighted by Crippen LogP contribution is -2.47. The van der Waals surface area contributed by atoms with Crippen LogP contribution in [0.5, 0.6) is 5.75 Å². The van der Waals surface area contributed by atoms with Crippen LogP contribution in [0, 0.1) is 5.92 Å². The molecule has 0 spiro atoms. The molecule has 1 N–H and O–H groups in total. The fourth-order valence-corrected chi connectivity index (χ4v) is 3.88. The molecule has 2 aromatic rings. The molecule has 1 saturated heterocycles. The van der Waals surface area contributed by atoms with Gasteiger partial charge in [-0.3, -0.25) is 19.3 Å². The van der Waals surface area contributed by atoms with Crippen LogP contribution in [0.4, 0.5) is 0 Å². The van der Waals surface area contributed by atoms with Gasteiger partial charge in [-0.15, -0.1) is 0 Å². The minimum Gasteiger partial charge on any atom is -0.497 e. The molecule has 3 rings (SSSR count). The summed E-state index contributed by atoms with van der Waals surface area (Å²) in [4.78, 5) is 40.4. The van der Waals surface area contributed by atoms with Gasteiger partial charge in [-0.2, -0.15) is 0 Å². The van der Waals surface area contributed by atoms with E-state index in [0.717, 1.165) is 11.1 Å². The summed E-state index contributed by atoms with van der Waals surface area (Å²) in [5, 5.41) is 2.77. The first-order valence-electron chi connectivity index (χ1n) is 11.9. The van der Waals surface area contributed by atoms with Gasteiger partial charge in [0, 0.05) is 19.5 Å². The summed E-state index contributed by atoms with van der Waals surface area (Å²) in [5.41, 5.74) is 1.77. The van der Waals surface area contributed by atoms with Crippen LogP contribution < -0.4 is 10.1 Å². The van der Waals surface area contributed by atoms with Crippen molar-refractivity contribution < 1.29 is 28.6 Å². The smallest absolute Gasteiger partial charge is 0.310 e. The SMILES string of the molecule is COc1ccc(C[C@H](CC(=O)[C@H](C)NC(=O)CN2CCOCC2)C(=O)OCc2ccccc2)cc1. The van der Waals surface area contributed by atoms with Crippen molar-refractivity contribution in [2.24, 2.45) is 5.92 Å². The summed E-state index contributed by atoms with van der Waals surface area (Å²) in [5.74, 6) is -0.825. The Morgan fingerprint density at radius 1 is 1.00 bits per heavy atom. The number of hydrogen-bond acceptors (Lipinski definition) is 7. The third kappa shape index (κ3) is 8.81. The molecule has 0 aromatic heterocycles. The van der Waals surface area contributed by atoms with Crippen molar-refractivity contribution in [2.75, 3.05) is 40.0 Å². The molecule has 2 aromatic carbocycles. The van der Waals surface area contributed by atoms with Crippen molar-refractivity contribution >= 4 is 17.7 Å². The number of morpholine rings is 1. The summed E-state index contributed by atoms with van der Waals surface area (Å²) in [7, 11) is 1.59. The van der Waals surface area contributed by atoms with E-state index in [1.807, 2.05) is 59.5 Å². The van der Waals surface area contributed by atoms with Gasteiger partial charge in [0.05, 0.1) is 38.8 Å². The van der Waals surface area contributed by atoms with Gasteiger partial charge in [0.2, 0.25) is 5.91 Å². The van der Waals surface area contributed by atoms with Crippen molar-refractivity contribution in [1.29, 1.82) is 0 Å². The number of ketones is 1. The highest BCUT2D eigenvalue weighted by molar-refractivity contribution is 5.91. The third-order valence-electron chi connectivity index (χ3n) is 5.98. The van der Waals surface area contributed by atoms with Gasteiger partial charge >= 0.3 is 5.97 Å². The van der Waals surface area contributed by atoms with Gasteiger partial charge in [0.25, 0.3) is 0 Å². The maximum Gasteiger partial charge on any atom is 0.310 e. The van der Waals surface area contributed by atoms with E-state index in [1.54, 1.807) is 14.0 Å². The van der Waals surface area contributed by atoms with Gasteiger partial charge in [-0.05, 0) is 36.6 Å². The molecule has 8 nitrogen and oxygen atoms in total. The number of methoxy groups -OCH3 is 1. The van der Waals surface area contributed by atoms with E-state index < -0.39 is 17.9 Å². The van der Waals surface area contributed by atoms with Crippen molar-refractivity contribution in [2.45, 2.75) is 32.4 Å². The van der Waals surface area contributed by atoms with Crippen molar-refractivity contribution in [3.05, 3.63) is 65.7 Å². The van der Waals surface area contributed by atoms with E-state index in [2.05, 4.69) is 5.32 Å². The van der Waals surface area contributed by atoms with Gasteiger partial charge in [0.15, 0.2) is 5.78 Å². The van der Waals surface area contributed by atoms with E-state index >= 15 is 0 Å². The topological polar surface area (TPSA) is 94.2 Å². The average Bonchev–Trinajstić information content (AvgIpc) is 2.88. The first kappa shape index (κ1) is 26.4. The van der Waals surface area contributed by atoms with Crippen molar-refractivity contribution in [1.82, 2.24) is 10.2 Å². The lowest BCUT2D eigenvalue weighted by Gasteiger charge is -2.26. The van der Waals surface area contributed by atoms with Crippen LogP contribution in [0.3, 0.4) is 0 Å². The Balaban J connectivity index is 1.60. The lowest BCUT2D eigenvalue weighted by atomic mass is 9.92. The number of amides is 1. The zero-order valence-corrected chi connectivity index (χ0v) is 20.4. The fourth-order valence-electron chi connectivity index (χ4n) is 3.88. The predicted molar refractivity (Wildman–Crippen MR) is 131 cm³/mol. The molecule has 0 saturated carbocycles. The quantitative estimate of drug-likeness (QED) is 0.464. The molecule has 1 heterocycles. The zero-order valence-electron chi connectivity index (χ0n) is 20.4. The summed E-state index contributed by atoms with van der Waals surface area (Å²) in [6.45, 7) is 4.58. The highest BCUT2D eigenvalue weighted by Crippen LogP contribution is 2.19. The third-order valence-corrected chi connectivity index (χ3v) is 5.98. The van der Waals surface area contributed by atoms with Crippen LogP contribution in [0.25, 0.3) is 0 Å². The molecule has 0 bridgehead atoms. The van der Waals surface area contributed by atoms with E-state index in [9.17, 15) is 14.4 Å². The second kappa shape index (κ2) is 13.6. The number of nitrogens with zero attached hydrogens (tertiary/aromatic N) is 1. The maximum absolute atomic E-state index is 13.0. The number of carbonyl (C=O) groups is 3. The van der Waals surface area contributed by atoms with E-state index in [-0.39, 0.29) is 31.3 Å². The molecule has 2 atom stereocenters. The number of ether oxygens (including phenoxy) is 3. The molecule has 1 aliphatic heterocycles. The first-order chi connectivity index (χ1) is 16.9. The van der Waals surface area contributed by atoms with Crippen molar-refractivity contribution in [3.63, 3.8) is 0 Å². The fraction of sp³-hybridized carbons (Fsp3) is 0.444. The van der Waals surface area contributed by atoms with Gasteiger partial charge in [-0.1, -0.05) is 42.5 Å². The number of esters is 1. The van der Waals surface area contributed by atoms with Crippen LogP contribution in [0.2, 0.25) is 0 Å². The number of rotatable bonds is 12. The number of nitrogens with one attached hydrogen (secondary N) is 1. The highest BCUT2D eigenvalue weighted by Gasteiger charge is 2.27. The second-order valence-electron chi connectivity index (χ2n) is 8.69. The van der Waals surface area contributed by atoms with E-state index in [0.29, 0.717) is 38.5 Å². The van der Waals surface area contributed by atoms with Crippen LogP contribution >= 0.6 is 0 Å². The summed E-state index contributed by atoms with van der Waals surface area (Å²) in [6, 6.07) is 16.1. The molecule has 1 amide bonds. The Morgan fingerprint density at radius 2 is 1.69 bits per heavy atom. The summed E-state index contributed by atoms with van der Waals surface area (Å²) >= 11 is 0. The molecule has 8 heteroatoms. The Bertz CT molecular complexity index is 957. The Morgan fingerprint density at radius 3 is 2.34 bits per heavy atom. The molecule has 35 heavy (non-hydrogen) atoms. The van der Waals surface area contributed by atoms with Gasteiger partial charge < -0.3 is 19.5 Å². The molecule has 0 aliphatic carbocycles. The summed E-state index contributed by atoms with van der Waals surface area (Å²) < 4.78 is 16.0. The average molecular weight is 483 g/mol. The summed E-state index contributed by atoms with van der Waals surface area (Å²) in [6.07, 6.45) is 0.316. The maximum atomic E-state index is 13.0. The number of carbonyl (C=O) groups excluding carboxylic acids is 3.